The van der Waals surface area contributed by atoms with Crippen molar-refractivity contribution >= 4 is 28.0 Å². The Balaban J connectivity index is 1.79. The number of rotatable bonds is 3. The van der Waals surface area contributed by atoms with Crippen molar-refractivity contribution < 1.29 is 0 Å². The van der Waals surface area contributed by atoms with Crippen LogP contribution in [0.3, 0.4) is 0 Å². The molecule has 0 N–H and O–H groups in total. The van der Waals surface area contributed by atoms with Crippen molar-refractivity contribution in [1.82, 2.24) is 24.4 Å². The van der Waals surface area contributed by atoms with Gasteiger partial charge in [-0.3, -0.25) is 4.79 Å². The van der Waals surface area contributed by atoms with Gasteiger partial charge in [-0.15, -0.1) is 21.5 Å². The Morgan fingerprint density at radius 2 is 2.14 bits per heavy atom. The molecule has 0 aromatic carbocycles. The quantitative estimate of drug-likeness (QED) is 0.578. The van der Waals surface area contributed by atoms with E-state index in [0.717, 1.165) is 6.42 Å². The molecule has 0 atom stereocenters. The number of hydrogen-bond donors (Lipinski definition) is 0. The molecule has 0 radical (unpaired) electrons. The van der Waals surface area contributed by atoms with Gasteiger partial charge in [0.2, 0.25) is 0 Å². The molecule has 0 aliphatic heterocycles. The first kappa shape index (κ1) is 12.2. The Morgan fingerprint density at radius 1 is 1.19 bits per heavy atom. The Bertz CT molecular complexity index is 970. The molecule has 21 heavy (non-hydrogen) atoms. The fourth-order valence-corrected chi connectivity index (χ4v) is 3.04. The van der Waals surface area contributed by atoms with E-state index in [1.807, 2.05) is 17.5 Å². The average Bonchev–Trinajstić information content (AvgIpc) is 3.17. The number of nitrogens with zero attached hydrogens (tertiary/aromatic N) is 5. The van der Waals surface area contributed by atoms with Gasteiger partial charge in [0.15, 0.2) is 11.2 Å². The first-order valence-corrected chi connectivity index (χ1v) is 7.43. The number of pyridine rings is 1. The zero-order valence-corrected chi connectivity index (χ0v) is 11.8. The van der Waals surface area contributed by atoms with Crippen LogP contribution in [-0.4, -0.2) is 24.4 Å². The lowest BCUT2D eigenvalue weighted by molar-refractivity contribution is 0.677. The minimum atomic E-state index is -0.131. The summed E-state index contributed by atoms with van der Waals surface area (Å²) in [5.74, 6) is 0. The molecule has 0 bridgehead atoms. The zero-order valence-electron chi connectivity index (χ0n) is 11.0. The molecule has 4 rings (SSSR count). The maximum atomic E-state index is 12.5. The lowest BCUT2D eigenvalue weighted by Crippen LogP contribution is -2.22. The summed E-state index contributed by atoms with van der Waals surface area (Å²) < 4.78 is 3.30. The predicted molar refractivity (Wildman–Crippen MR) is 80.6 cm³/mol. The number of fused-ring (bicyclic) bond motifs is 3. The topological polar surface area (TPSA) is 65.1 Å². The molecule has 0 amide bonds. The van der Waals surface area contributed by atoms with Gasteiger partial charge >= 0.3 is 0 Å². The van der Waals surface area contributed by atoms with Crippen molar-refractivity contribution in [3.8, 4) is 0 Å². The van der Waals surface area contributed by atoms with E-state index in [1.54, 1.807) is 38.9 Å². The SMILES string of the molecule is O=c1c2nnc3ccnn3c2ccn1CCc1cccs1. The van der Waals surface area contributed by atoms with E-state index in [9.17, 15) is 4.79 Å². The van der Waals surface area contributed by atoms with Gasteiger partial charge in [0, 0.05) is 23.7 Å². The van der Waals surface area contributed by atoms with Crippen LogP contribution in [0.4, 0.5) is 0 Å². The van der Waals surface area contributed by atoms with Gasteiger partial charge < -0.3 is 4.57 Å². The van der Waals surface area contributed by atoms with Crippen molar-refractivity contribution in [2.24, 2.45) is 0 Å². The van der Waals surface area contributed by atoms with E-state index in [4.69, 9.17) is 0 Å². The van der Waals surface area contributed by atoms with Gasteiger partial charge in [-0.1, -0.05) is 6.07 Å². The average molecular weight is 297 g/mol. The largest absolute Gasteiger partial charge is 0.313 e. The van der Waals surface area contributed by atoms with Crippen LogP contribution in [-0.2, 0) is 13.0 Å². The molecule has 0 saturated carbocycles. The molecule has 4 aromatic heterocycles. The van der Waals surface area contributed by atoms with Crippen LogP contribution in [0.25, 0.3) is 16.7 Å². The Hall–Kier alpha value is -2.54. The standard InChI is InChI=1S/C14H11N5OS/c20-14-13-11(19-12(16-17-13)3-6-15-19)5-8-18(14)7-4-10-2-1-9-21-10/h1-3,5-6,8-9H,4,7H2. The smallest absolute Gasteiger partial charge is 0.280 e. The van der Waals surface area contributed by atoms with E-state index in [1.165, 1.54) is 4.88 Å². The fourth-order valence-electron chi connectivity index (χ4n) is 2.34. The van der Waals surface area contributed by atoms with Gasteiger partial charge in [-0.2, -0.15) is 5.10 Å². The van der Waals surface area contributed by atoms with Crippen LogP contribution in [0.5, 0.6) is 0 Å². The van der Waals surface area contributed by atoms with Gasteiger partial charge in [-0.05, 0) is 23.9 Å². The second-order valence-electron chi connectivity index (χ2n) is 4.68. The molecular weight excluding hydrogens is 286 g/mol. The van der Waals surface area contributed by atoms with E-state index >= 15 is 0 Å². The summed E-state index contributed by atoms with van der Waals surface area (Å²) in [5, 5.41) is 14.3. The number of aromatic nitrogens is 5. The molecule has 4 heterocycles. The summed E-state index contributed by atoms with van der Waals surface area (Å²) in [6.07, 6.45) is 4.27. The number of thiophene rings is 1. The fraction of sp³-hybridized carbons (Fsp3) is 0.143. The molecule has 7 heteroatoms. The first-order valence-electron chi connectivity index (χ1n) is 6.55. The second kappa shape index (κ2) is 4.78. The van der Waals surface area contributed by atoms with Crippen molar-refractivity contribution in [3.05, 3.63) is 57.3 Å². The molecule has 0 aliphatic carbocycles. The molecular formula is C14H11N5OS. The van der Waals surface area contributed by atoms with E-state index < -0.39 is 0 Å². The summed E-state index contributed by atoms with van der Waals surface area (Å²) in [7, 11) is 0. The summed E-state index contributed by atoms with van der Waals surface area (Å²) in [6.45, 7) is 0.633. The van der Waals surface area contributed by atoms with Crippen LogP contribution in [0.2, 0.25) is 0 Å². The number of aryl methyl sites for hydroxylation is 2. The predicted octanol–water partition coefficient (Wildman–Crippen LogP) is 1.74. The monoisotopic (exact) mass is 297 g/mol. The molecule has 0 fully saturated rings. The molecule has 0 saturated heterocycles. The van der Waals surface area contributed by atoms with Crippen LogP contribution < -0.4 is 5.56 Å². The zero-order chi connectivity index (χ0) is 14.2. The van der Waals surface area contributed by atoms with Crippen LogP contribution >= 0.6 is 11.3 Å². The molecule has 0 aliphatic rings. The van der Waals surface area contributed by atoms with Gasteiger partial charge in [0.25, 0.3) is 5.56 Å². The van der Waals surface area contributed by atoms with Crippen molar-refractivity contribution in [2.45, 2.75) is 13.0 Å². The highest BCUT2D eigenvalue weighted by Crippen LogP contribution is 2.11. The maximum absolute atomic E-state index is 12.5. The maximum Gasteiger partial charge on any atom is 0.280 e. The van der Waals surface area contributed by atoms with Gasteiger partial charge in [0.1, 0.15) is 5.52 Å². The first-order chi connectivity index (χ1) is 10.3. The van der Waals surface area contributed by atoms with Crippen LogP contribution in [0.1, 0.15) is 4.88 Å². The summed E-state index contributed by atoms with van der Waals surface area (Å²) in [5.41, 5.74) is 1.54. The van der Waals surface area contributed by atoms with E-state index in [2.05, 4.69) is 21.4 Å². The molecule has 4 aromatic rings. The van der Waals surface area contributed by atoms with E-state index in [0.29, 0.717) is 23.2 Å². The van der Waals surface area contributed by atoms with Crippen molar-refractivity contribution in [1.29, 1.82) is 0 Å². The Kier molecular flexibility index (Phi) is 2.78. The van der Waals surface area contributed by atoms with Gasteiger partial charge in [-0.25, -0.2) is 4.52 Å². The normalized spacial score (nSPS) is 11.4. The second-order valence-corrected chi connectivity index (χ2v) is 5.71. The Labute approximate surface area is 123 Å². The summed E-state index contributed by atoms with van der Waals surface area (Å²) >= 11 is 1.70. The lowest BCUT2D eigenvalue weighted by atomic mass is 10.3. The minimum absolute atomic E-state index is 0.131. The minimum Gasteiger partial charge on any atom is -0.313 e. The summed E-state index contributed by atoms with van der Waals surface area (Å²) in [4.78, 5) is 13.7. The Morgan fingerprint density at radius 3 is 3.00 bits per heavy atom. The number of hydrogen-bond acceptors (Lipinski definition) is 5. The van der Waals surface area contributed by atoms with Crippen molar-refractivity contribution in [2.75, 3.05) is 0 Å². The third kappa shape index (κ3) is 2.02. The highest BCUT2D eigenvalue weighted by atomic mass is 32.1. The third-order valence-corrected chi connectivity index (χ3v) is 4.34. The van der Waals surface area contributed by atoms with Gasteiger partial charge in [0.05, 0.1) is 6.20 Å². The van der Waals surface area contributed by atoms with Crippen LogP contribution in [0, 0.1) is 0 Å². The van der Waals surface area contributed by atoms with E-state index in [-0.39, 0.29) is 5.56 Å². The lowest BCUT2D eigenvalue weighted by Gasteiger charge is -2.06. The van der Waals surface area contributed by atoms with Crippen molar-refractivity contribution in [3.63, 3.8) is 0 Å². The molecule has 6 nitrogen and oxygen atoms in total. The molecule has 104 valence electrons. The van der Waals surface area contributed by atoms with Crippen LogP contribution in [0.15, 0.2) is 46.8 Å². The summed E-state index contributed by atoms with van der Waals surface area (Å²) in [6, 6.07) is 7.71. The molecule has 0 unspecified atom stereocenters. The molecule has 0 spiro atoms. The third-order valence-electron chi connectivity index (χ3n) is 3.40. The highest BCUT2D eigenvalue weighted by Gasteiger charge is 2.09. The highest BCUT2D eigenvalue weighted by molar-refractivity contribution is 7.09.